The lowest BCUT2D eigenvalue weighted by Crippen LogP contribution is -2.48. The zero-order valence-corrected chi connectivity index (χ0v) is 24.4. The molecule has 36 heavy (non-hydrogen) atoms. The molecular formula is C33H45NOSi. The first-order valence-corrected chi connectivity index (χ1v) is 16.0. The quantitative estimate of drug-likeness (QED) is 0.258. The van der Waals surface area contributed by atoms with Gasteiger partial charge in [-0.3, -0.25) is 0 Å². The van der Waals surface area contributed by atoms with Crippen LogP contribution in [0.1, 0.15) is 82.2 Å². The summed E-state index contributed by atoms with van der Waals surface area (Å²) in [5.74, 6) is 0.451. The van der Waals surface area contributed by atoms with Gasteiger partial charge in [-0.1, -0.05) is 120 Å². The van der Waals surface area contributed by atoms with E-state index in [0.717, 1.165) is 19.5 Å². The molecule has 192 valence electrons. The number of rotatable bonds is 10. The molecule has 0 saturated carbocycles. The van der Waals surface area contributed by atoms with E-state index in [1.54, 1.807) is 0 Å². The van der Waals surface area contributed by atoms with E-state index in [0.29, 0.717) is 22.5 Å². The standard InChI is InChI=1S/C33H45NOSi/c1-24(2)36(25(3)4,26(5)6)35-32(29-18-12-9-13-19-29)21-30-23-34(22-28-16-10-8-11-17-28)33-27(7)15-14-20-31(30)33/h8-20,24-26,30,32H,21-23H2,1-7H3. The van der Waals surface area contributed by atoms with Gasteiger partial charge in [-0.2, -0.15) is 0 Å². The van der Waals surface area contributed by atoms with E-state index >= 15 is 0 Å². The highest BCUT2D eigenvalue weighted by Gasteiger charge is 2.47. The van der Waals surface area contributed by atoms with E-state index in [1.807, 2.05) is 0 Å². The Bertz CT molecular complexity index is 1090. The Hall–Kier alpha value is -2.36. The van der Waals surface area contributed by atoms with Crippen LogP contribution in [0, 0.1) is 6.92 Å². The second-order valence-corrected chi connectivity index (χ2v) is 17.1. The number of anilines is 1. The molecule has 0 fully saturated rings. The van der Waals surface area contributed by atoms with E-state index < -0.39 is 8.32 Å². The SMILES string of the molecule is Cc1cccc2c1N(Cc1ccccc1)CC2CC(O[Si](C(C)C)(C(C)C)C(C)C)c1ccccc1. The molecule has 3 aromatic carbocycles. The number of hydrogen-bond donors (Lipinski definition) is 0. The molecule has 2 atom stereocenters. The smallest absolute Gasteiger partial charge is 0.201 e. The van der Waals surface area contributed by atoms with Crippen LogP contribution in [0.25, 0.3) is 0 Å². The van der Waals surface area contributed by atoms with Gasteiger partial charge in [0.1, 0.15) is 0 Å². The Morgan fingerprint density at radius 2 is 1.36 bits per heavy atom. The van der Waals surface area contributed by atoms with Crippen LogP contribution in [0.5, 0.6) is 0 Å². The van der Waals surface area contributed by atoms with E-state index in [2.05, 4.69) is 132 Å². The largest absolute Gasteiger partial charge is 0.409 e. The molecule has 3 aromatic rings. The minimum absolute atomic E-state index is 0.111. The van der Waals surface area contributed by atoms with Crippen molar-refractivity contribution < 1.29 is 4.43 Å². The van der Waals surface area contributed by atoms with Crippen molar-refractivity contribution in [1.82, 2.24) is 0 Å². The van der Waals surface area contributed by atoms with Crippen molar-refractivity contribution in [3.05, 3.63) is 101 Å². The summed E-state index contributed by atoms with van der Waals surface area (Å²) in [4.78, 5) is 2.60. The molecule has 0 N–H and O–H groups in total. The Morgan fingerprint density at radius 1 is 0.778 bits per heavy atom. The van der Waals surface area contributed by atoms with Crippen molar-refractivity contribution in [2.24, 2.45) is 0 Å². The molecule has 0 amide bonds. The van der Waals surface area contributed by atoms with Gasteiger partial charge in [0.15, 0.2) is 0 Å². The summed E-state index contributed by atoms with van der Waals surface area (Å²) < 4.78 is 7.49. The fraction of sp³-hybridized carbons (Fsp3) is 0.455. The summed E-state index contributed by atoms with van der Waals surface area (Å²) in [5.41, 5.74) is 8.68. The Balaban J connectivity index is 1.69. The lowest BCUT2D eigenvalue weighted by Gasteiger charge is -2.45. The molecule has 1 aliphatic rings. The second-order valence-electron chi connectivity index (χ2n) is 11.6. The third-order valence-corrected chi connectivity index (χ3v) is 14.5. The first-order valence-electron chi connectivity index (χ1n) is 13.8. The van der Waals surface area contributed by atoms with Crippen LogP contribution in [0.3, 0.4) is 0 Å². The summed E-state index contributed by atoms with van der Waals surface area (Å²) in [7, 11) is -2.04. The predicted octanol–water partition coefficient (Wildman–Crippen LogP) is 9.42. The van der Waals surface area contributed by atoms with E-state index in [-0.39, 0.29) is 6.10 Å². The third-order valence-electron chi connectivity index (χ3n) is 8.41. The van der Waals surface area contributed by atoms with Crippen LogP contribution >= 0.6 is 0 Å². The number of fused-ring (bicyclic) bond motifs is 1. The monoisotopic (exact) mass is 499 g/mol. The average molecular weight is 500 g/mol. The zero-order valence-electron chi connectivity index (χ0n) is 23.4. The Labute approximate surface area is 220 Å². The maximum Gasteiger partial charge on any atom is 0.201 e. The van der Waals surface area contributed by atoms with E-state index in [1.165, 1.54) is 27.9 Å². The molecule has 2 nitrogen and oxygen atoms in total. The highest BCUT2D eigenvalue weighted by molar-refractivity contribution is 6.77. The van der Waals surface area contributed by atoms with Crippen LogP contribution in [-0.4, -0.2) is 14.9 Å². The van der Waals surface area contributed by atoms with Crippen molar-refractivity contribution in [2.75, 3.05) is 11.4 Å². The molecular weight excluding hydrogens is 454 g/mol. The van der Waals surface area contributed by atoms with Gasteiger partial charge in [0, 0.05) is 24.7 Å². The molecule has 2 unspecified atom stereocenters. The lowest BCUT2D eigenvalue weighted by atomic mass is 9.91. The number of benzene rings is 3. The van der Waals surface area contributed by atoms with Crippen LogP contribution in [0.4, 0.5) is 5.69 Å². The summed E-state index contributed by atoms with van der Waals surface area (Å²) in [6, 6.07) is 28.8. The molecule has 1 heterocycles. The minimum Gasteiger partial charge on any atom is -0.409 e. The topological polar surface area (TPSA) is 12.5 Å². The first kappa shape index (κ1) is 26.7. The highest BCUT2D eigenvalue weighted by Crippen LogP contribution is 2.49. The summed E-state index contributed by atoms with van der Waals surface area (Å²) in [6.45, 7) is 18.6. The highest BCUT2D eigenvalue weighted by atomic mass is 28.4. The van der Waals surface area contributed by atoms with Crippen LogP contribution in [-0.2, 0) is 11.0 Å². The van der Waals surface area contributed by atoms with Gasteiger partial charge >= 0.3 is 0 Å². The molecule has 0 radical (unpaired) electrons. The summed E-state index contributed by atoms with van der Waals surface area (Å²) in [5, 5.41) is 0. The molecule has 0 aromatic heterocycles. The lowest BCUT2D eigenvalue weighted by molar-refractivity contribution is 0.158. The minimum atomic E-state index is -2.04. The maximum absolute atomic E-state index is 7.49. The number of nitrogens with zero attached hydrogens (tertiary/aromatic N) is 1. The fourth-order valence-corrected chi connectivity index (χ4v) is 12.4. The normalized spacial score (nSPS) is 16.7. The number of aryl methyl sites for hydroxylation is 1. The average Bonchev–Trinajstić information content (AvgIpc) is 3.20. The fourth-order valence-electron chi connectivity index (χ4n) is 6.88. The van der Waals surface area contributed by atoms with Gasteiger partial charge in [0.2, 0.25) is 8.32 Å². The maximum atomic E-state index is 7.49. The molecule has 0 saturated heterocycles. The van der Waals surface area contributed by atoms with Crippen LogP contribution in [0.15, 0.2) is 78.9 Å². The predicted molar refractivity (Wildman–Crippen MR) is 157 cm³/mol. The van der Waals surface area contributed by atoms with Gasteiger partial charge in [0.25, 0.3) is 0 Å². The van der Waals surface area contributed by atoms with Crippen LogP contribution in [0.2, 0.25) is 16.6 Å². The van der Waals surface area contributed by atoms with Gasteiger partial charge in [-0.15, -0.1) is 0 Å². The van der Waals surface area contributed by atoms with Crippen molar-refractivity contribution in [1.29, 1.82) is 0 Å². The van der Waals surface area contributed by atoms with E-state index in [4.69, 9.17) is 4.43 Å². The summed E-state index contributed by atoms with van der Waals surface area (Å²) >= 11 is 0. The third kappa shape index (κ3) is 5.33. The van der Waals surface area contributed by atoms with E-state index in [9.17, 15) is 0 Å². The zero-order chi connectivity index (χ0) is 25.9. The molecule has 1 aliphatic heterocycles. The molecule has 0 spiro atoms. The van der Waals surface area contributed by atoms with Gasteiger partial charge in [0.05, 0.1) is 6.10 Å². The van der Waals surface area contributed by atoms with Crippen LogP contribution < -0.4 is 4.90 Å². The number of hydrogen-bond acceptors (Lipinski definition) is 2. The molecule has 0 aliphatic carbocycles. The van der Waals surface area contributed by atoms with Crippen molar-refractivity contribution in [3.8, 4) is 0 Å². The van der Waals surface area contributed by atoms with Crippen molar-refractivity contribution in [2.45, 2.75) is 90.1 Å². The van der Waals surface area contributed by atoms with Gasteiger partial charge < -0.3 is 9.33 Å². The van der Waals surface area contributed by atoms with Crippen molar-refractivity contribution >= 4 is 14.0 Å². The molecule has 3 heteroatoms. The Morgan fingerprint density at radius 3 is 1.94 bits per heavy atom. The Kier molecular flexibility index (Phi) is 8.42. The van der Waals surface area contributed by atoms with Gasteiger partial charge in [-0.05, 0) is 52.2 Å². The first-order chi connectivity index (χ1) is 17.2. The second kappa shape index (κ2) is 11.4. The van der Waals surface area contributed by atoms with Gasteiger partial charge in [-0.25, -0.2) is 0 Å². The van der Waals surface area contributed by atoms with Crippen molar-refractivity contribution in [3.63, 3.8) is 0 Å². The molecule has 0 bridgehead atoms. The number of para-hydroxylation sites is 1. The molecule has 4 rings (SSSR count). The summed E-state index contributed by atoms with van der Waals surface area (Å²) in [6.07, 6.45) is 1.13.